The van der Waals surface area contributed by atoms with E-state index < -0.39 is 0 Å². The Balaban J connectivity index is 2.33. The standard InChI is InChI=1S/C17H19N3/c1-11-7-8-15-16(19-11)5-4-6-17(15)20-12(2)9-14(10-18)13(20)3/h4-9H,10,18H2,1-3H3. The van der Waals surface area contributed by atoms with Gasteiger partial charge in [-0.1, -0.05) is 6.07 Å². The van der Waals surface area contributed by atoms with Crippen molar-refractivity contribution < 1.29 is 0 Å². The molecule has 3 nitrogen and oxygen atoms in total. The maximum absolute atomic E-state index is 5.82. The molecule has 0 unspecified atom stereocenters. The van der Waals surface area contributed by atoms with Crippen molar-refractivity contribution >= 4 is 10.9 Å². The molecule has 0 amide bonds. The third kappa shape index (κ3) is 1.91. The highest BCUT2D eigenvalue weighted by Gasteiger charge is 2.12. The van der Waals surface area contributed by atoms with E-state index in [1.54, 1.807) is 0 Å². The summed E-state index contributed by atoms with van der Waals surface area (Å²) in [5.41, 5.74) is 12.7. The lowest BCUT2D eigenvalue weighted by Gasteiger charge is -2.13. The molecule has 0 atom stereocenters. The molecule has 0 aliphatic carbocycles. The highest BCUT2D eigenvalue weighted by Crippen LogP contribution is 2.26. The Hall–Kier alpha value is -2.13. The van der Waals surface area contributed by atoms with Crippen LogP contribution in [-0.2, 0) is 6.54 Å². The molecule has 2 N–H and O–H groups in total. The summed E-state index contributed by atoms with van der Waals surface area (Å²) in [6.07, 6.45) is 0. The number of pyridine rings is 1. The molecule has 102 valence electrons. The second-order valence-electron chi connectivity index (χ2n) is 5.23. The Morgan fingerprint density at radius 3 is 2.60 bits per heavy atom. The largest absolute Gasteiger partial charge is 0.326 e. The number of aromatic nitrogens is 2. The quantitative estimate of drug-likeness (QED) is 0.771. The van der Waals surface area contributed by atoms with E-state index >= 15 is 0 Å². The lowest BCUT2D eigenvalue weighted by molar-refractivity contribution is 0.949. The summed E-state index contributed by atoms with van der Waals surface area (Å²) in [5.74, 6) is 0. The lowest BCUT2D eigenvalue weighted by atomic mass is 10.1. The van der Waals surface area contributed by atoms with Crippen LogP contribution in [0.4, 0.5) is 0 Å². The summed E-state index contributed by atoms with van der Waals surface area (Å²) in [4.78, 5) is 4.61. The molecule has 0 saturated heterocycles. The van der Waals surface area contributed by atoms with Gasteiger partial charge in [-0.15, -0.1) is 0 Å². The molecule has 0 saturated carbocycles. The first kappa shape index (κ1) is 12.9. The predicted molar refractivity (Wildman–Crippen MR) is 83.2 cm³/mol. The van der Waals surface area contributed by atoms with Gasteiger partial charge in [-0.05, 0) is 56.7 Å². The van der Waals surface area contributed by atoms with Gasteiger partial charge in [0.25, 0.3) is 0 Å². The SMILES string of the molecule is Cc1ccc2c(-n3c(C)cc(CN)c3C)cccc2n1. The average molecular weight is 265 g/mol. The molecule has 3 heteroatoms. The average Bonchev–Trinajstić information content (AvgIpc) is 2.72. The molecule has 0 aliphatic heterocycles. The van der Waals surface area contributed by atoms with E-state index in [1.807, 2.05) is 6.92 Å². The Morgan fingerprint density at radius 2 is 1.90 bits per heavy atom. The van der Waals surface area contributed by atoms with Crippen LogP contribution in [0.5, 0.6) is 0 Å². The number of hydrogen-bond acceptors (Lipinski definition) is 2. The van der Waals surface area contributed by atoms with Gasteiger partial charge in [0.2, 0.25) is 0 Å². The minimum absolute atomic E-state index is 0.571. The van der Waals surface area contributed by atoms with Crippen molar-refractivity contribution in [3.05, 3.63) is 59.0 Å². The molecule has 0 radical (unpaired) electrons. The minimum Gasteiger partial charge on any atom is -0.326 e. The highest BCUT2D eigenvalue weighted by molar-refractivity contribution is 5.87. The van der Waals surface area contributed by atoms with Crippen molar-refractivity contribution in [1.29, 1.82) is 0 Å². The molecule has 0 bridgehead atoms. The van der Waals surface area contributed by atoms with Crippen molar-refractivity contribution in [3.8, 4) is 5.69 Å². The Labute approximate surface area is 119 Å². The molecular formula is C17H19N3. The molecular weight excluding hydrogens is 246 g/mol. The van der Waals surface area contributed by atoms with Gasteiger partial charge in [0.1, 0.15) is 0 Å². The van der Waals surface area contributed by atoms with Crippen LogP contribution in [0.25, 0.3) is 16.6 Å². The first-order chi connectivity index (χ1) is 9.61. The second kappa shape index (κ2) is 4.76. The Morgan fingerprint density at radius 1 is 1.10 bits per heavy atom. The second-order valence-corrected chi connectivity index (χ2v) is 5.23. The topological polar surface area (TPSA) is 43.8 Å². The molecule has 2 aromatic heterocycles. The van der Waals surface area contributed by atoms with Gasteiger partial charge in [0.05, 0.1) is 11.2 Å². The molecule has 3 rings (SSSR count). The number of benzene rings is 1. The Bertz CT molecular complexity index is 784. The third-order valence-corrected chi connectivity index (χ3v) is 3.84. The maximum atomic E-state index is 5.82. The van der Waals surface area contributed by atoms with Crippen molar-refractivity contribution in [2.75, 3.05) is 0 Å². The molecule has 0 spiro atoms. The van der Waals surface area contributed by atoms with Crippen LogP contribution < -0.4 is 5.73 Å². The first-order valence-corrected chi connectivity index (χ1v) is 6.86. The highest BCUT2D eigenvalue weighted by atomic mass is 15.0. The number of fused-ring (bicyclic) bond motifs is 1. The first-order valence-electron chi connectivity index (χ1n) is 6.86. The Kier molecular flexibility index (Phi) is 3.07. The van der Waals surface area contributed by atoms with Crippen LogP contribution in [0.2, 0.25) is 0 Å². The summed E-state index contributed by atoms with van der Waals surface area (Å²) in [7, 11) is 0. The summed E-state index contributed by atoms with van der Waals surface area (Å²) in [6.45, 7) is 6.83. The van der Waals surface area contributed by atoms with Crippen LogP contribution in [0.15, 0.2) is 36.4 Å². The predicted octanol–water partition coefficient (Wildman–Crippen LogP) is 3.41. The van der Waals surface area contributed by atoms with E-state index in [2.05, 4.69) is 59.8 Å². The van der Waals surface area contributed by atoms with E-state index in [-0.39, 0.29) is 0 Å². The monoisotopic (exact) mass is 265 g/mol. The molecule has 1 aromatic carbocycles. The summed E-state index contributed by atoms with van der Waals surface area (Å²) in [5, 5.41) is 1.17. The zero-order chi connectivity index (χ0) is 14.3. The number of aryl methyl sites for hydroxylation is 2. The van der Waals surface area contributed by atoms with Gasteiger partial charge in [-0.2, -0.15) is 0 Å². The van der Waals surface area contributed by atoms with E-state index in [1.165, 1.54) is 28.0 Å². The van der Waals surface area contributed by atoms with Gasteiger partial charge in [0, 0.05) is 29.0 Å². The smallest absolute Gasteiger partial charge is 0.0726 e. The lowest BCUT2D eigenvalue weighted by Crippen LogP contribution is -2.03. The van der Waals surface area contributed by atoms with Gasteiger partial charge in [-0.25, -0.2) is 0 Å². The fourth-order valence-electron chi connectivity index (χ4n) is 2.84. The van der Waals surface area contributed by atoms with Crippen LogP contribution in [0, 0.1) is 20.8 Å². The van der Waals surface area contributed by atoms with Crippen LogP contribution in [0.1, 0.15) is 22.6 Å². The molecule has 0 aliphatic rings. The molecule has 0 fully saturated rings. The van der Waals surface area contributed by atoms with Crippen LogP contribution in [0.3, 0.4) is 0 Å². The van der Waals surface area contributed by atoms with Gasteiger partial charge in [-0.3, -0.25) is 4.98 Å². The number of nitrogens with zero attached hydrogens (tertiary/aromatic N) is 2. The number of nitrogens with two attached hydrogens (primary N) is 1. The third-order valence-electron chi connectivity index (χ3n) is 3.84. The number of rotatable bonds is 2. The summed E-state index contributed by atoms with van der Waals surface area (Å²) < 4.78 is 2.27. The minimum atomic E-state index is 0.571. The van der Waals surface area contributed by atoms with Crippen molar-refractivity contribution in [1.82, 2.24) is 9.55 Å². The maximum Gasteiger partial charge on any atom is 0.0726 e. The van der Waals surface area contributed by atoms with E-state index in [0.29, 0.717) is 6.54 Å². The van der Waals surface area contributed by atoms with Gasteiger partial charge >= 0.3 is 0 Å². The van der Waals surface area contributed by atoms with E-state index in [0.717, 1.165) is 11.2 Å². The summed E-state index contributed by atoms with van der Waals surface area (Å²) in [6, 6.07) is 12.6. The fraction of sp³-hybridized carbons (Fsp3) is 0.235. The fourth-order valence-corrected chi connectivity index (χ4v) is 2.84. The van der Waals surface area contributed by atoms with Crippen LogP contribution >= 0.6 is 0 Å². The molecule has 2 heterocycles. The van der Waals surface area contributed by atoms with Crippen LogP contribution in [-0.4, -0.2) is 9.55 Å². The number of hydrogen-bond donors (Lipinski definition) is 1. The van der Waals surface area contributed by atoms with Crippen molar-refractivity contribution in [3.63, 3.8) is 0 Å². The van der Waals surface area contributed by atoms with Gasteiger partial charge < -0.3 is 10.3 Å². The summed E-state index contributed by atoms with van der Waals surface area (Å²) >= 11 is 0. The zero-order valence-corrected chi connectivity index (χ0v) is 12.1. The van der Waals surface area contributed by atoms with Crippen molar-refractivity contribution in [2.24, 2.45) is 5.73 Å². The normalized spacial score (nSPS) is 11.2. The van der Waals surface area contributed by atoms with Crippen molar-refractivity contribution in [2.45, 2.75) is 27.3 Å². The molecule has 3 aromatic rings. The zero-order valence-electron chi connectivity index (χ0n) is 12.1. The van der Waals surface area contributed by atoms with Gasteiger partial charge in [0.15, 0.2) is 0 Å². The van der Waals surface area contributed by atoms with E-state index in [9.17, 15) is 0 Å². The van der Waals surface area contributed by atoms with E-state index in [4.69, 9.17) is 5.73 Å². The molecule has 20 heavy (non-hydrogen) atoms.